The molecule has 0 fully saturated rings. The Hall–Kier alpha value is -4.52. The van der Waals surface area contributed by atoms with Gasteiger partial charge in [0.1, 0.15) is 17.1 Å². The van der Waals surface area contributed by atoms with Crippen molar-refractivity contribution in [1.29, 1.82) is 0 Å². The van der Waals surface area contributed by atoms with Gasteiger partial charge < -0.3 is 23.4 Å². The Labute approximate surface area is 195 Å². The first-order valence-electron chi connectivity index (χ1n) is 10.4. The quantitative estimate of drug-likeness (QED) is 0.216. The molecule has 0 aliphatic carbocycles. The Morgan fingerprint density at radius 1 is 0.853 bits per heavy atom. The van der Waals surface area contributed by atoms with Crippen LogP contribution in [0.2, 0.25) is 0 Å². The van der Waals surface area contributed by atoms with Crippen LogP contribution in [0, 0.1) is 0 Å². The van der Waals surface area contributed by atoms with E-state index in [-0.39, 0.29) is 16.6 Å². The summed E-state index contributed by atoms with van der Waals surface area (Å²) in [4.78, 5) is 25.0. The van der Waals surface area contributed by atoms with Gasteiger partial charge in [-0.05, 0) is 42.0 Å². The van der Waals surface area contributed by atoms with Crippen LogP contribution in [0.1, 0.15) is 5.56 Å². The summed E-state index contributed by atoms with van der Waals surface area (Å²) < 4.78 is 27.4. The molecule has 0 unspecified atom stereocenters. The lowest BCUT2D eigenvalue weighted by Crippen LogP contribution is -2.05. The zero-order valence-electron chi connectivity index (χ0n) is 18.9. The third-order valence-electron chi connectivity index (χ3n) is 5.08. The minimum Gasteiger partial charge on any atom is -0.493 e. The second-order valence-electron chi connectivity index (χ2n) is 7.21. The highest BCUT2D eigenvalue weighted by Crippen LogP contribution is 2.41. The lowest BCUT2D eigenvalue weighted by Gasteiger charge is -2.14. The molecule has 0 saturated heterocycles. The van der Waals surface area contributed by atoms with Gasteiger partial charge in [0.05, 0.1) is 26.7 Å². The van der Waals surface area contributed by atoms with Crippen LogP contribution in [0.15, 0.2) is 82.0 Å². The number of ether oxygens (including phenoxy) is 4. The lowest BCUT2D eigenvalue weighted by atomic mass is 10.1. The number of hydrogen-bond acceptors (Lipinski definition) is 7. The minimum absolute atomic E-state index is 0.239. The van der Waals surface area contributed by atoms with E-state index in [1.54, 1.807) is 30.3 Å². The van der Waals surface area contributed by atoms with Crippen LogP contribution < -0.4 is 24.4 Å². The van der Waals surface area contributed by atoms with Gasteiger partial charge in [0.15, 0.2) is 16.9 Å². The van der Waals surface area contributed by atoms with Crippen LogP contribution in [0.5, 0.6) is 23.0 Å². The molecule has 7 nitrogen and oxygen atoms in total. The summed E-state index contributed by atoms with van der Waals surface area (Å²) in [6.07, 6.45) is 2.98. The van der Waals surface area contributed by atoms with E-state index in [1.807, 2.05) is 30.3 Å². The van der Waals surface area contributed by atoms with Crippen molar-refractivity contribution >= 4 is 23.0 Å². The van der Waals surface area contributed by atoms with Gasteiger partial charge in [-0.15, -0.1) is 0 Å². The molecule has 0 atom stereocenters. The first-order chi connectivity index (χ1) is 16.5. The Morgan fingerprint density at radius 2 is 1.56 bits per heavy atom. The highest BCUT2D eigenvalue weighted by molar-refractivity contribution is 5.89. The van der Waals surface area contributed by atoms with E-state index in [0.29, 0.717) is 34.2 Å². The fourth-order valence-electron chi connectivity index (χ4n) is 3.44. The largest absolute Gasteiger partial charge is 0.493 e. The topological polar surface area (TPSA) is 84.2 Å². The molecule has 3 aromatic carbocycles. The Morgan fingerprint density at radius 3 is 2.21 bits per heavy atom. The predicted octanol–water partition coefficient (Wildman–Crippen LogP) is 5.10. The average Bonchev–Trinajstić information content (AvgIpc) is 2.87. The second-order valence-corrected chi connectivity index (χ2v) is 7.21. The van der Waals surface area contributed by atoms with E-state index in [0.717, 1.165) is 5.56 Å². The second kappa shape index (κ2) is 9.95. The summed E-state index contributed by atoms with van der Waals surface area (Å²) in [5.74, 6) is 1.32. The van der Waals surface area contributed by atoms with Crippen molar-refractivity contribution in [1.82, 2.24) is 0 Å². The molecule has 1 heterocycles. The van der Waals surface area contributed by atoms with Gasteiger partial charge in [-0.2, -0.15) is 0 Å². The van der Waals surface area contributed by atoms with Crippen molar-refractivity contribution in [2.24, 2.45) is 0 Å². The number of fused-ring (bicyclic) bond motifs is 1. The normalized spacial score (nSPS) is 10.9. The predicted molar refractivity (Wildman–Crippen MR) is 129 cm³/mol. The molecule has 0 saturated carbocycles. The molecule has 0 aliphatic heterocycles. The Balaban J connectivity index is 1.63. The van der Waals surface area contributed by atoms with Gasteiger partial charge in [-0.1, -0.05) is 30.3 Å². The summed E-state index contributed by atoms with van der Waals surface area (Å²) in [6.45, 7) is 0. The van der Waals surface area contributed by atoms with Crippen molar-refractivity contribution < 1.29 is 28.2 Å². The Bertz CT molecular complexity index is 1390. The third-order valence-corrected chi connectivity index (χ3v) is 5.08. The van der Waals surface area contributed by atoms with Crippen LogP contribution in [0.3, 0.4) is 0 Å². The maximum atomic E-state index is 12.9. The van der Waals surface area contributed by atoms with Crippen LogP contribution in [-0.4, -0.2) is 27.3 Å². The molecule has 0 N–H and O–H groups in total. The van der Waals surface area contributed by atoms with Crippen LogP contribution in [-0.2, 0) is 4.79 Å². The van der Waals surface area contributed by atoms with E-state index < -0.39 is 5.97 Å². The van der Waals surface area contributed by atoms with E-state index in [4.69, 9.17) is 23.4 Å². The molecular weight excluding hydrogens is 436 g/mol. The SMILES string of the molecule is COc1cc(-c2cc(=O)c3cc(OC(=O)C=Cc4ccccc4)ccc3o2)cc(OC)c1OC. The van der Waals surface area contributed by atoms with Gasteiger partial charge in [-0.25, -0.2) is 4.79 Å². The van der Waals surface area contributed by atoms with Gasteiger partial charge >= 0.3 is 5.97 Å². The van der Waals surface area contributed by atoms with Gasteiger partial charge in [0, 0.05) is 17.7 Å². The fourth-order valence-corrected chi connectivity index (χ4v) is 3.44. The Kier molecular flexibility index (Phi) is 6.64. The van der Waals surface area contributed by atoms with Crippen LogP contribution >= 0.6 is 0 Å². The van der Waals surface area contributed by atoms with Gasteiger partial charge in [0.25, 0.3) is 0 Å². The van der Waals surface area contributed by atoms with Crippen LogP contribution in [0.25, 0.3) is 28.4 Å². The summed E-state index contributed by atoms with van der Waals surface area (Å²) in [6, 6.07) is 18.8. The molecule has 7 heteroatoms. The summed E-state index contributed by atoms with van der Waals surface area (Å²) >= 11 is 0. The van der Waals surface area contributed by atoms with Crippen LogP contribution in [0.4, 0.5) is 0 Å². The monoisotopic (exact) mass is 458 g/mol. The fraction of sp³-hybridized carbons (Fsp3) is 0.111. The maximum absolute atomic E-state index is 12.9. The highest BCUT2D eigenvalue weighted by atomic mass is 16.5. The average molecular weight is 458 g/mol. The number of methoxy groups -OCH3 is 3. The van der Waals surface area contributed by atoms with E-state index in [2.05, 4.69) is 0 Å². The number of rotatable bonds is 7. The number of carbonyl (C=O) groups is 1. The van der Waals surface area contributed by atoms with Gasteiger partial charge in [0.2, 0.25) is 5.75 Å². The summed E-state index contributed by atoms with van der Waals surface area (Å²) in [5.41, 5.74) is 1.51. The number of benzene rings is 3. The molecule has 0 aliphatic rings. The molecule has 172 valence electrons. The van der Waals surface area contributed by atoms with Crippen molar-refractivity contribution in [2.45, 2.75) is 0 Å². The maximum Gasteiger partial charge on any atom is 0.336 e. The molecule has 1 aromatic heterocycles. The van der Waals surface area contributed by atoms with E-state index in [1.165, 1.54) is 39.5 Å². The molecule has 4 rings (SSSR count). The molecule has 4 aromatic rings. The minimum atomic E-state index is -0.554. The molecule has 0 amide bonds. The molecule has 0 radical (unpaired) electrons. The zero-order chi connectivity index (χ0) is 24.1. The zero-order valence-corrected chi connectivity index (χ0v) is 18.9. The van der Waals surface area contributed by atoms with Gasteiger partial charge in [-0.3, -0.25) is 4.79 Å². The molecule has 0 spiro atoms. The number of esters is 1. The third kappa shape index (κ3) is 4.78. The van der Waals surface area contributed by atoms with Crippen molar-refractivity contribution in [3.8, 4) is 34.3 Å². The van der Waals surface area contributed by atoms with E-state index >= 15 is 0 Å². The van der Waals surface area contributed by atoms with E-state index in [9.17, 15) is 9.59 Å². The summed E-state index contributed by atoms with van der Waals surface area (Å²) in [7, 11) is 4.53. The highest BCUT2D eigenvalue weighted by Gasteiger charge is 2.17. The summed E-state index contributed by atoms with van der Waals surface area (Å²) in [5, 5.41) is 0.286. The molecule has 34 heavy (non-hydrogen) atoms. The smallest absolute Gasteiger partial charge is 0.336 e. The first-order valence-corrected chi connectivity index (χ1v) is 10.4. The molecule has 0 bridgehead atoms. The first kappa shape index (κ1) is 22.7. The molecular formula is C27H22O7. The van der Waals surface area contributed by atoms with Crippen molar-refractivity contribution in [2.75, 3.05) is 21.3 Å². The standard InChI is InChI=1S/C27H22O7/c1-30-24-13-18(14-25(31-2)27(24)32-3)23-16-21(28)20-15-19(10-11-22(20)34-23)33-26(29)12-9-17-7-5-4-6-8-17/h4-16H,1-3H3. The number of hydrogen-bond donors (Lipinski definition) is 0. The van der Waals surface area contributed by atoms with Crippen molar-refractivity contribution in [3.05, 3.63) is 88.6 Å². The number of carbonyl (C=O) groups excluding carboxylic acids is 1. The lowest BCUT2D eigenvalue weighted by molar-refractivity contribution is -0.128. The van der Waals surface area contributed by atoms with Crippen molar-refractivity contribution in [3.63, 3.8) is 0 Å².